The average Bonchev–Trinajstić information content (AvgIpc) is 3.05. The molecule has 2 N–H and O–H groups in total. The number of methoxy groups -OCH3 is 1. The monoisotopic (exact) mass is 479 g/mol. The van der Waals surface area contributed by atoms with Crippen molar-refractivity contribution in [2.24, 2.45) is 5.92 Å². The zero-order valence-corrected chi connectivity index (χ0v) is 19.6. The highest BCUT2D eigenvalue weighted by Crippen LogP contribution is 2.41. The average molecular weight is 480 g/mol. The molecule has 0 amide bonds. The van der Waals surface area contributed by atoms with Gasteiger partial charge in [-0.25, -0.2) is 9.97 Å². The standard InChI is InChI=1S/C22H23Cl2N3O3S/c1-11-18(24)17-20(25-10-12-3-8-16(30-2)15(23)9-12)26-19(27-21(17)31-11)13-4-6-14(7-5-13)22(28)29/h3,8-9,13-14H,4-7,10H2,1-2H3,(H,28,29)(H,25,26,27). The van der Waals surface area contributed by atoms with Crippen LogP contribution < -0.4 is 10.1 Å². The summed E-state index contributed by atoms with van der Waals surface area (Å²) in [6, 6.07) is 5.65. The zero-order valence-electron chi connectivity index (χ0n) is 17.2. The number of aromatic nitrogens is 2. The SMILES string of the molecule is COc1ccc(CNc2nc(C3CCC(C(=O)O)CC3)nc3sc(C)c(Cl)c23)cc1Cl. The molecule has 6 nitrogen and oxygen atoms in total. The maximum absolute atomic E-state index is 11.3. The van der Waals surface area contributed by atoms with Gasteiger partial charge in [-0.2, -0.15) is 0 Å². The van der Waals surface area contributed by atoms with Gasteiger partial charge in [-0.15, -0.1) is 11.3 Å². The van der Waals surface area contributed by atoms with Gasteiger partial charge in [-0.1, -0.05) is 29.3 Å². The van der Waals surface area contributed by atoms with Crippen LogP contribution in [0.25, 0.3) is 10.2 Å². The molecule has 1 saturated carbocycles. The largest absolute Gasteiger partial charge is 0.495 e. The summed E-state index contributed by atoms with van der Waals surface area (Å²) >= 11 is 14.4. The van der Waals surface area contributed by atoms with Crippen LogP contribution in [0.15, 0.2) is 18.2 Å². The summed E-state index contributed by atoms with van der Waals surface area (Å²) in [7, 11) is 1.59. The third-order valence-electron chi connectivity index (χ3n) is 5.79. The highest BCUT2D eigenvalue weighted by atomic mass is 35.5. The molecule has 1 aliphatic carbocycles. The Morgan fingerprint density at radius 1 is 1.26 bits per heavy atom. The first-order valence-electron chi connectivity index (χ1n) is 10.1. The van der Waals surface area contributed by atoms with Gasteiger partial charge < -0.3 is 15.2 Å². The number of thiophene rings is 1. The predicted octanol–water partition coefficient (Wildman–Crippen LogP) is 6.29. The van der Waals surface area contributed by atoms with E-state index in [0.717, 1.165) is 39.3 Å². The molecule has 3 aromatic rings. The summed E-state index contributed by atoms with van der Waals surface area (Å²) < 4.78 is 5.22. The maximum atomic E-state index is 11.3. The van der Waals surface area contributed by atoms with Crippen molar-refractivity contribution < 1.29 is 14.6 Å². The molecule has 0 spiro atoms. The number of carbonyl (C=O) groups is 1. The number of carboxylic acids is 1. The van der Waals surface area contributed by atoms with Gasteiger partial charge in [0.2, 0.25) is 0 Å². The summed E-state index contributed by atoms with van der Waals surface area (Å²) in [6.07, 6.45) is 2.85. The first-order chi connectivity index (χ1) is 14.9. The van der Waals surface area contributed by atoms with Crippen LogP contribution in [0.4, 0.5) is 5.82 Å². The number of nitrogens with one attached hydrogen (secondary N) is 1. The number of anilines is 1. The van der Waals surface area contributed by atoms with E-state index in [1.807, 2.05) is 25.1 Å². The molecule has 0 radical (unpaired) electrons. The molecule has 4 rings (SSSR count). The lowest BCUT2D eigenvalue weighted by atomic mass is 9.81. The maximum Gasteiger partial charge on any atom is 0.306 e. The van der Waals surface area contributed by atoms with Gasteiger partial charge in [0, 0.05) is 17.3 Å². The second-order valence-corrected chi connectivity index (χ2v) is 9.78. The Bertz CT molecular complexity index is 1130. The van der Waals surface area contributed by atoms with Crippen molar-refractivity contribution in [1.82, 2.24) is 9.97 Å². The first-order valence-corrected chi connectivity index (χ1v) is 11.7. The molecule has 9 heteroatoms. The zero-order chi connectivity index (χ0) is 22.1. The van der Waals surface area contributed by atoms with Crippen LogP contribution in [0.3, 0.4) is 0 Å². The third kappa shape index (κ3) is 4.59. The van der Waals surface area contributed by atoms with Crippen LogP contribution in [0.5, 0.6) is 5.75 Å². The van der Waals surface area contributed by atoms with Crippen LogP contribution >= 0.6 is 34.5 Å². The molecular formula is C22H23Cl2N3O3S. The van der Waals surface area contributed by atoms with Crippen molar-refractivity contribution in [3.8, 4) is 5.75 Å². The van der Waals surface area contributed by atoms with Gasteiger partial charge in [0.25, 0.3) is 0 Å². The van der Waals surface area contributed by atoms with Crippen molar-refractivity contribution in [1.29, 1.82) is 0 Å². The Kier molecular flexibility index (Phi) is 6.55. The summed E-state index contributed by atoms with van der Waals surface area (Å²) in [5, 5.41) is 14.7. The number of nitrogens with zero attached hydrogens (tertiary/aromatic N) is 2. The lowest BCUT2D eigenvalue weighted by Crippen LogP contribution is -2.21. The van der Waals surface area contributed by atoms with Gasteiger partial charge in [0.1, 0.15) is 22.2 Å². The van der Waals surface area contributed by atoms with Crippen molar-refractivity contribution >= 4 is 56.5 Å². The summed E-state index contributed by atoms with van der Waals surface area (Å²) in [5.41, 5.74) is 0.990. The normalized spacial score (nSPS) is 18.8. The number of aliphatic carboxylic acids is 1. The first kappa shape index (κ1) is 22.1. The van der Waals surface area contributed by atoms with Crippen LogP contribution in [0, 0.1) is 12.8 Å². The van der Waals surface area contributed by atoms with Gasteiger partial charge in [0.05, 0.1) is 28.5 Å². The van der Waals surface area contributed by atoms with Crippen LogP contribution in [-0.2, 0) is 11.3 Å². The van der Waals surface area contributed by atoms with Crippen molar-refractivity contribution in [2.45, 2.75) is 45.1 Å². The fraction of sp³-hybridized carbons (Fsp3) is 0.409. The highest BCUT2D eigenvalue weighted by Gasteiger charge is 2.29. The molecule has 1 aromatic carbocycles. The van der Waals surface area contributed by atoms with Crippen molar-refractivity contribution in [3.05, 3.63) is 44.5 Å². The van der Waals surface area contributed by atoms with E-state index < -0.39 is 5.97 Å². The minimum atomic E-state index is -0.712. The number of hydrogen-bond acceptors (Lipinski definition) is 6. The van der Waals surface area contributed by atoms with E-state index in [2.05, 4.69) is 5.32 Å². The molecule has 0 unspecified atom stereocenters. The number of hydrogen-bond donors (Lipinski definition) is 2. The fourth-order valence-corrected chi connectivity index (χ4v) is 5.56. The topological polar surface area (TPSA) is 84.3 Å². The molecule has 0 bridgehead atoms. The summed E-state index contributed by atoms with van der Waals surface area (Å²) in [6.45, 7) is 2.49. The van der Waals surface area contributed by atoms with Gasteiger partial charge in [0.15, 0.2) is 0 Å². The Hall–Kier alpha value is -2.09. The quantitative estimate of drug-likeness (QED) is 0.432. The van der Waals surface area contributed by atoms with Crippen LogP contribution in [0.2, 0.25) is 10.0 Å². The molecule has 1 fully saturated rings. The number of carboxylic acid groups (broad SMARTS) is 1. The van der Waals surface area contributed by atoms with E-state index in [-0.39, 0.29) is 11.8 Å². The molecule has 0 atom stereocenters. The van der Waals surface area contributed by atoms with E-state index in [1.54, 1.807) is 18.4 Å². The van der Waals surface area contributed by atoms with E-state index >= 15 is 0 Å². The van der Waals surface area contributed by atoms with E-state index in [4.69, 9.17) is 37.9 Å². The van der Waals surface area contributed by atoms with Crippen molar-refractivity contribution in [3.63, 3.8) is 0 Å². The minimum absolute atomic E-state index is 0.150. The molecule has 31 heavy (non-hydrogen) atoms. The number of fused-ring (bicyclic) bond motifs is 1. The minimum Gasteiger partial charge on any atom is -0.495 e. The molecule has 2 heterocycles. The fourth-order valence-electron chi connectivity index (χ4n) is 4.01. The molecule has 2 aromatic heterocycles. The highest BCUT2D eigenvalue weighted by molar-refractivity contribution is 7.19. The number of ether oxygens (including phenoxy) is 1. The predicted molar refractivity (Wildman–Crippen MR) is 125 cm³/mol. The number of halogens is 2. The van der Waals surface area contributed by atoms with Crippen molar-refractivity contribution in [2.75, 3.05) is 12.4 Å². The van der Waals surface area contributed by atoms with Gasteiger partial charge in [-0.05, 0) is 50.3 Å². The molecule has 164 valence electrons. The van der Waals surface area contributed by atoms with Crippen LogP contribution in [-0.4, -0.2) is 28.2 Å². The molecular weight excluding hydrogens is 457 g/mol. The summed E-state index contributed by atoms with van der Waals surface area (Å²) in [5.74, 6) is 1.25. The Morgan fingerprint density at radius 2 is 2.00 bits per heavy atom. The van der Waals surface area contributed by atoms with Gasteiger partial charge >= 0.3 is 5.97 Å². The lowest BCUT2D eigenvalue weighted by molar-refractivity contribution is -0.142. The second-order valence-electron chi connectivity index (χ2n) is 7.79. The Labute approximate surface area is 194 Å². The van der Waals surface area contributed by atoms with E-state index in [0.29, 0.717) is 41.0 Å². The smallest absolute Gasteiger partial charge is 0.306 e. The third-order valence-corrected chi connectivity index (χ3v) is 7.67. The Balaban J connectivity index is 1.62. The van der Waals surface area contributed by atoms with Crippen LogP contribution in [0.1, 0.15) is 47.9 Å². The second kappa shape index (κ2) is 9.18. The lowest BCUT2D eigenvalue weighted by Gasteiger charge is -2.25. The number of benzene rings is 1. The van der Waals surface area contributed by atoms with E-state index in [1.165, 1.54) is 0 Å². The number of aryl methyl sites for hydroxylation is 1. The van der Waals surface area contributed by atoms with E-state index in [9.17, 15) is 9.90 Å². The molecule has 1 aliphatic rings. The molecule has 0 saturated heterocycles. The number of rotatable bonds is 6. The Morgan fingerprint density at radius 3 is 2.65 bits per heavy atom. The molecule has 0 aliphatic heterocycles. The van der Waals surface area contributed by atoms with Gasteiger partial charge in [-0.3, -0.25) is 4.79 Å². The summed E-state index contributed by atoms with van der Waals surface area (Å²) in [4.78, 5) is 22.8.